The van der Waals surface area contributed by atoms with Gasteiger partial charge in [0.25, 0.3) is 5.91 Å². The maximum absolute atomic E-state index is 12.9. The highest BCUT2D eigenvalue weighted by atomic mass is 32.2. The van der Waals surface area contributed by atoms with E-state index in [1.165, 1.54) is 36.5 Å². The smallest absolute Gasteiger partial charge is 0.262 e. The molecule has 0 atom stereocenters. The molecule has 3 rings (SSSR count). The predicted molar refractivity (Wildman–Crippen MR) is 113 cm³/mol. The van der Waals surface area contributed by atoms with Crippen LogP contribution >= 0.6 is 0 Å². The molecule has 0 saturated carbocycles. The van der Waals surface area contributed by atoms with E-state index in [2.05, 4.69) is 5.32 Å². The molecule has 1 amide bonds. The molecule has 31 heavy (non-hydrogen) atoms. The lowest BCUT2D eigenvalue weighted by Crippen LogP contribution is -2.40. The predicted octanol–water partition coefficient (Wildman–Crippen LogP) is 1.94. The number of nitrogens with one attached hydrogen (secondary N) is 1. The van der Waals surface area contributed by atoms with Crippen LogP contribution in [0.3, 0.4) is 0 Å². The van der Waals surface area contributed by atoms with Gasteiger partial charge in [-0.25, -0.2) is 8.42 Å². The monoisotopic (exact) mass is 448 g/mol. The Morgan fingerprint density at radius 3 is 2.55 bits per heavy atom. The molecule has 1 fully saturated rings. The SMILES string of the molecule is COc1ccc(S(=O)(=O)N2CCOCC2)cc1NC(=O)COc1cccc(C(C)=O)c1. The lowest BCUT2D eigenvalue weighted by Gasteiger charge is -2.26. The summed E-state index contributed by atoms with van der Waals surface area (Å²) < 4.78 is 43.0. The molecule has 10 heteroatoms. The fraction of sp³-hybridized carbons (Fsp3) is 0.333. The maximum atomic E-state index is 12.9. The van der Waals surface area contributed by atoms with Gasteiger partial charge in [0.15, 0.2) is 12.4 Å². The Bertz CT molecular complexity index is 1060. The third-order valence-corrected chi connectivity index (χ3v) is 6.56. The normalized spacial score (nSPS) is 14.6. The number of hydrogen-bond donors (Lipinski definition) is 1. The zero-order chi connectivity index (χ0) is 22.4. The molecule has 0 aromatic heterocycles. The number of benzene rings is 2. The summed E-state index contributed by atoms with van der Waals surface area (Å²) in [7, 11) is -2.31. The molecule has 1 aliphatic heterocycles. The van der Waals surface area contributed by atoms with E-state index in [0.29, 0.717) is 30.3 Å². The molecule has 0 bridgehead atoms. The van der Waals surface area contributed by atoms with Crippen LogP contribution in [-0.2, 0) is 19.6 Å². The van der Waals surface area contributed by atoms with E-state index in [1.54, 1.807) is 24.3 Å². The van der Waals surface area contributed by atoms with Gasteiger partial charge in [-0.15, -0.1) is 0 Å². The summed E-state index contributed by atoms with van der Waals surface area (Å²) in [5, 5.41) is 2.62. The van der Waals surface area contributed by atoms with Gasteiger partial charge < -0.3 is 19.5 Å². The first-order chi connectivity index (χ1) is 14.8. The number of amides is 1. The summed E-state index contributed by atoms with van der Waals surface area (Å²) in [6.45, 7) is 2.32. The average Bonchev–Trinajstić information content (AvgIpc) is 2.78. The molecular weight excluding hydrogens is 424 g/mol. The Morgan fingerprint density at radius 1 is 1.13 bits per heavy atom. The minimum Gasteiger partial charge on any atom is -0.495 e. The number of nitrogens with zero attached hydrogens (tertiary/aromatic N) is 1. The molecule has 9 nitrogen and oxygen atoms in total. The lowest BCUT2D eigenvalue weighted by molar-refractivity contribution is -0.118. The summed E-state index contributed by atoms with van der Waals surface area (Å²) in [6.07, 6.45) is 0. The molecule has 166 valence electrons. The molecule has 1 aliphatic rings. The third-order valence-electron chi connectivity index (χ3n) is 4.66. The summed E-state index contributed by atoms with van der Waals surface area (Å²) in [6, 6.07) is 10.8. The fourth-order valence-electron chi connectivity index (χ4n) is 3.02. The number of carbonyl (C=O) groups is 2. The number of rotatable bonds is 8. The number of methoxy groups -OCH3 is 1. The highest BCUT2D eigenvalue weighted by Crippen LogP contribution is 2.29. The van der Waals surface area contributed by atoms with Crippen LogP contribution in [0.4, 0.5) is 5.69 Å². The van der Waals surface area contributed by atoms with Crippen molar-refractivity contribution in [2.75, 3.05) is 45.3 Å². The Morgan fingerprint density at radius 2 is 1.87 bits per heavy atom. The quantitative estimate of drug-likeness (QED) is 0.614. The van der Waals surface area contributed by atoms with Crippen LogP contribution in [0.25, 0.3) is 0 Å². The molecule has 1 N–H and O–H groups in total. The summed E-state index contributed by atoms with van der Waals surface area (Å²) >= 11 is 0. The number of anilines is 1. The van der Waals surface area contributed by atoms with Crippen LogP contribution in [0, 0.1) is 0 Å². The second-order valence-electron chi connectivity index (χ2n) is 6.80. The van der Waals surface area contributed by atoms with E-state index >= 15 is 0 Å². The lowest BCUT2D eigenvalue weighted by atomic mass is 10.1. The van der Waals surface area contributed by atoms with E-state index in [4.69, 9.17) is 14.2 Å². The van der Waals surface area contributed by atoms with Crippen molar-refractivity contribution in [3.05, 3.63) is 48.0 Å². The minimum absolute atomic E-state index is 0.0422. The van der Waals surface area contributed by atoms with Gasteiger partial charge in [0.05, 0.1) is 30.9 Å². The topological polar surface area (TPSA) is 111 Å². The second kappa shape index (κ2) is 9.90. The van der Waals surface area contributed by atoms with Gasteiger partial charge in [0.1, 0.15) is 11.5 Å². The number of ether oxygens (including phenoxy) is 3. The fourth-order valence-corrected chi connectivity index (χ4v) is 4.46. The van der Waals surface area contributed by atoms with Gasteiger partial charge in [0, 0.05) is 18.7 Å². The molecule has 1 heterocycles. The molecule has 0 unspecified atom stereocenters. The number of carbonyl (C=O) groups excluding carboxylic acids is 2. The van der Waals surface area contributed by atoms with Gasteiger partial charge in [0.2, 0.25) is 10.0 Å². The van der Waals surface area contributed by atoms with Crippen molar-refractivity contribution in [1.82, 2.24) is 4.31 Å². The van der Waals surface area contributed by atoms with Crippen LogP contribution in [0.15, 0.2) is 47.4 Å². The Balaban J connectivity index is 1.72. The molecule has 0 aliphatic carbocycles. The zero-order valence-electron chi connectivity index (χ0n) is 17.3. The van der Waals surface area contributed by atoms with E-state index in [9.17, 15) is 18.0 Å². The molecular formula is C21H24N2O7S. The Kier molecular flexibility index (Phi) is 7.26. The minimum atomic E-state index is -3.73. The van der Waals surface area contributed by atoms with Crippen molar-refractivity contribution in [3.8, 4) is 11.5 Å². The van der Waals surface area contributed by atoms with Gasteiger partial charge in [-0.05, 0) is 37.3 Å². The van der Waals surface area contributed by atoms with E-state index < -0.39 is 15.9 Å². The summed E-state index contributed by atoms with van der Waals surface area (Å²) in [4.78, 5) is 23.9. The van der Waals surface area contributed by atoms with Crippen molar-refractivity contribution in [3.63, 3.8) is 0 Å². The average molecular weight is 448 g/mol. The van der Waals surface area contributed by atoms with Crippen molar-refractivity contribution in [2.24, 2.45) is 0 Å². The Hall–Kier alpha value is -2.95. The first kappa shape index (κ1) is 22.7. The number of ketones is 1. The van der Waals surface area contributed by atoms with Gasteiger partial charge in [-0.3, -0.25) is 9.59 Å². The number of Topliss-reactive ketones (excluding diaryl/α,β-unsaturated/α-hetero) is 1. The summed E-state index contributed by atoms with van der Waals surface area (Å²) in [5.41, 5.74) is 0.684. The number of morpholine rings is 1. The summed E-state index contributed by atoms with van der Waals surface area (Å²) in [5.74, 6) is 0.0664. The van der Waals surface area contributed by atoms with Crippen molar-refractivity contribution >= 4 is 27.4 Å². The highest BCUT2D eigenvalue weighted by Gasteiger charge is 2.27. The third kappa shape index (κ3) is 5.60. The maximum Gasteiger partial charge on any atom is 0.262 e. The molecule has 2 aromatic carbocycles. The van der Waals surface area contributed by atoms with Crippen LogP contribution < -0.4 is 14.8 Å². The second-order valence-corrected chi connectivity index (χ2v) is 8.74. The first-order valence-corrected chi connectivity index (χ1v) is 11.0. The van der Waals surface area contributed by atoms with Gasteiger partial charge >= 0.3 is 0 Å². The van der Waals surface area contributed by atoms with Gasteiger partial charge in [-0.1, -0.05) is 12.1 Å². The highest BCUT2D eigenvalue weighted by molar-refractivity contribution is 7.89. The molecule has 2 aromatic rings. The first-order valence-electron chi connectivity index (χ1n) is 9.61. The van der Waals surface area contributed by atoms with Crippen LogP contribution in [0.1, 0.15) is 17.3 Å². The van der Waals surface area contributed by atoms with Crippen LogP contribution in [0.2, 0.25) is 0 Å². The van der Waals surface area contributed by atoms with Crippen molar-refractivity contribution < 1.29 is 32.2 Å². The van der Waals surface area contributed by atoms with Crippen molar-refractivity contribution in [1.29, 1.82) is 0 Å². The largest absolute Gasteiger partial charge is 0.495 e. The van der Waals surface area contributed by atoms with E-state index in [-0.39, 0.29) is 36.1 Å². The molecule has 0 radical (unpaired) electrons. The van der Waals surface area contributed by atoms with Gasteiger partial charge in [-0.2, -0.15) is 4.31 Å². The number of hydrogen-bond acceptors (Lipinski definition) is 7. The standard InChI is InChI=1S/C21H24N2O7S/c1-15(24)16-4-3-5-17(12-16)30-14-21(25)22-19-13-18(6-7-20(19)28-2)31(26,27)23-8-10-29-11-9-23/h3-7,12-13H,8-11,14H2,1-2H3,(H,22,25). The van der Waals surface area contributed by atoms with Crippen LogP contribution in [-0.4, -0.2) is 64.4 Å². The molecule has 1 saturated heterocycles. The Labute approximate surface area is 181 Å². The van der Waals surface area contributed by atoms with Crippen LogP contribution in [0.5, 0.6) is 11.5 Å². The van der Waals surface area contributed by atoms with E-state index in [0.717, 1.165) is 0 Å². The van der Waals surface area contributed by atoms with E-state index in [1.807, 2.05) is 0 Å². The van der Waals surface area contributed by atoms with Crippen molar-refractivity contribution in [2.45, 2.75) is 11.8 Å². The molecule has 0 spiro atoms. The zero-order valence-corrected chi connectivity index (χ0v) is 18.1. The number of sulfonamides is 1.